The van der Waals surface area contributed by atoms with Crippen molar-refractivity contribution in [2.45, 2.75) is 275 Å². The number of fused-ring (bicyclic) bond motifs is 1. The van der Waals surface area contributed by atoms with E-state index in [0.29, 0.717) is 59.3 Å². The summed E-state index contributed by atoms with van der Waals surface area (Å²) in [6.07, 6.45) is 16.2. The number of nitrogens with one attached hydrogen (secondary N) is 1. The molecule has 7 unspecified atom stereocenters. The van der Waals surface area contributed by atoms with Gasteiger partial charge < -0.3 is 42.8 Å². The van der Waals surface area contributed by atoms with Crippen molar-refractivity contribution < 1.29 is 122 Å². The number of amides is 1. The van der Waals surface area contributed by atoms with Gasteiger partial charge in [-0.3, -0.25) is 24.0 Å². The molecule has 11 aliphatic rings. The lowest BCUT2D eigenvalue weighted by Gasteiger charge is -2.62. The van der Waals surface area contributed by atoms with E-state index in [1.807, 2.05) is 55.4 Å². The van der Waals surface area contributed by atoms with E-state index in [-0.39, 0.29) is 83.2 Å². The fourth-order valence-corrected chi connectivity index (χ4v) is 19.3. The smallest absolute Gasteiger partial charge is 0.459 e. The number of esters is 4. The van der Waals surface area contributed by atoms with Gasteiger partial charge in [-0.1, -0.05) is 53.7 Å². The van der Waals surface area contributed by atoms with Gasteiger partial charge in [0.05, 0.1) is 33.4 Å². The molecule has 20 nitrogen and oxygen atoms in total. The van der Waals surface area contributed by atoms with Crippen molar-refractivity contribution in [3.8, 4) is 5.75 Å². The first-order valence-electron chi connectivity index (χ1n) is 33.9. The summed E-state index contributed by atoms with van der Waals surface area (Å²) in [5.41, 5.74) is -10.8. The van der Waals surface area contributed by atoms with Gasteiger partial charge in [0.25, 0.3) is 0 Å². The fourth-order valence-electron chi connectivity index (χ4n) is 16.1. The number of rotatable bonds is 23. The third kappa shape index (κ3) is 16.4. The number of sulfonamides is 2. The molecule has 1 heterocycles. The van der Waals surface area contributed by atoms with E-state index in [9.17, 15) is 99.0 Å². The first-order valence-corrected chi connectivity index (χ1v) is 38.2. The van der Waals surface area contributed by atoms with E-state index in [4.69, 9.17) is 18.9 Å². The predicted octanol–water partition coefficient (Wildman–Crippen LogP) is 12.9. The summed E-state index contributed by atoms with van der Waals surface area (Å²) in [4.78, 5) is 60.7. The quantitative estimate of drug-likeness (QED) is 0.0397. The molecule has 10 bridgehead atoms. The van der Waals surface area contributed by atoms with Crippen molar-refractivity contribution >= 4 is 59.9 Å². The van der Waals surface area contributed by atoms with E-state index >= 15 is 0 Å². The molecule has 1 amide bonds. The molecule has 10 saturated carbocycles. The van der Waals surface area contributed by atoms with Crippen LogP contribution in [0.15, 0.2) is 24.3 Å². The second kappa shape index (κ2) is 27.5. The predicted molar refractivity (Wildman–Crippen MR) is 341 cm³/mol. The summed E-state index contributed by atoms with van der Waals surface area (Å²) in [5, 5.41) is 9.20. The van der Waals surface area contributed by atoms with Crippen molar-refractivity contribution in [2.75, 3.05) is 6.54 Å². The van der Waals surface area contributed by atoms with E-state index in [1.165, 1.54) is 38.5 Å². The zero-order chi connectivity index (χ0) is 75.2. The Morgan fingerprint density at radius 2 is 1.07 bits per heavy atom. The lowest BCUT2D eigenvalue weighted by molar-refractivity contribution is -0.264. The Labute approximate surface area is 575 Å². The van der Waals surface area contributed by atoms with E-state index in [1.54, 1.807) is 20.8 Å². The molecule has 1 aliphatic heterocycles. The normalized spacial score (nSPS) is 31.0. The van der Waals surface area contributed by atoms with Gasteiger partial charge in [0, 0.05) is 48.5 Å². The molecule has 0 aromatic heterocycles. The lowest BCUT2D eigenvalue weighted by atomic mass is 9.46. The molecule has 0 radical (unpaired) electrons. The molecular weight excluding hydrogens is 1390 g/mol. The minimum Gasteiger partial charge on any atom is -0.459 e. The fraction of sp³-hybridized carbons (Fsp3) is 0.836. The van der Waals surface area contributed by atoms with Crippen LogP contribution < -0.4 is 9.50 Å². The van der Waals surface area contributed by atoms with Crippen LogP contribution in [0.4, 0.5) is 39.5 Å². The molecule has 1 aromatic carbocycles. The van der Waals surface area contributed by atoms with Crippen LogP contribution >= 0.6 is 0 Å². The average Bonchev–Trinajstić information content (AvgIpc) is 1.55. The van der Waals surface area contributed by atoms with Crippen LogP contribution in [0.5, 0.6) is 5.75 Å². The molecule has 566 valence electrons. The maximum atomic E-state index is 14.1. The Morgan fingerprint density at radius 1 is 0.596 bits per heavy atom. The van der Waals surface area contributed by atoms with Crippen molar-refractivity contribution in [1.29, 1.82) is 0 Å². The van der Waals surface area contributed by atoms with Crippen LogP contribution in [0.1, 0.15) is 218 Å². The van der Waals surface area contributed by atoms with Crippen LogP contribution in [0, 0.1) is 68.5 Å². The van der Waals surface area contributed by atoms with Gasteiger partial charge in [0.15, 0.2) is 20.0 Å². The third-order valence-electron chi connectivity index (χ3n) is 23.1. The number of nitrogens with zero attached hydrogens (tertiary/aromatic N) is 1. The Balaban J connectivity index is 0.000000197. The number of alkyl halides is 9. The van der Waals surface area contributed by atoms with Gasteiger partial charge in [-0.15, -0.1) is 0 Å². The first kappa shape index (κ1) is 81.8. The maximum absolute atomic E-state index is 14.1. The summed E-state index contributed by atoms with van der Waals surface area (Å²) < 4.78 is 216. The summed E-state index contributed by atoms with van der Waals surface area (Å²) >= 11 is 0. The largest absolute Gasteiger partial charge is 0.480 e. The average molecular weight is 1490 g/mol. The Morgan fingerprint density at radius 3 is 1.54 bits per heavy atom. The van der Waals surface area contributed by atoms with Gasteiger partial charge in [0.2, 0.25) is 5.91 Å². The molecule has 10 aliphatic carbocycles. The molecule has 1 aromatic rings. The number of ether oxygens (including phenoxy) is 4. The molecule has 99 heavy (non-hydrogen) atoms. The van der Waals surface area contributed by atoms with E-state index in [2.05, 4.69) is 30.3 Å². The summed E-state index contributed by atoms with van der Waals surface area (Å²) in [7, 11) is -22.7. The minimum atomic E-state index is -8.00. The zero-order valence-electron chi connectivity index (χ0n) is 58.6. The topological polar surface area (TPSA) is 301 Å². The molecule has 1 saturated heterocycles. The molecular formula is C67H98F9N2O18S3-. The van der Waals surface area contributed by atoms with Gasteiger partial charge >= 0.3 is 55.9 Å². The van der Waals surface area contributed by atoms with Gasteiger partial charge in [-0.05, 0) is 199 Å². The number of halogens is 9. The Kier molecular flexibility index (Phi) is 22.7. The number of carbonyl (C=O) groups is 5. The van der Waals surface area contributed by atoms with Crippen molar-refractivity contribution in [3.63, 3.8) is 0 Å². The molecule has 11 fully saturated rings. The second-order valence-corrected chi connectivity index (χ2v) is 37.7. The van der Waals surface area contributed by atoms with E-state index < -0.39 is 90.9 Å². The Bertz CT molecular complexity index is 3490. The molecule has 0 spiro atoms. The van der Waals surface area contributed by atoms with E-state index in [0.717, 1.165) is 81.3 Å². The summed E-state index contributed by atoms with van der Waals surface area (Å²) in [5.74, 6) is -5.89. The lowest BCUT2D eigenvalue weighted by Crippen LogP contribution is -2.67. The maximum Gasteiger partial charge on any atom is 0.480 e. The third-order valence-corrected chi connectivity index (χ3v) is 27.4. The molecule has 3 N–H and O–H groups in total. The van der Waals surface area contributed by atoms with Crippen LogP contribution in [-0.4, -0.2) is 128 Å². The van der Waals surface area contributed by atoms with Gasteiger partial charge in [-0.25, -0.2) is 16.8 Å². The molecule has 12 rings (SSSR count). The van der Waals surface area contributed by atoms with Crippen molar-refractivity contribution in [1.82, 2.24) is 5.32 Å². The van der Waals surface area contributed by atoms with Crippen LogP contribution in [0.25, 0.3) is 4.13 Å². The highest BCUT2D eigenvalue weighted by molar-refractivity contribution is 8.13. The number of aliphatic hydroxyl groups is 2. The van der Waals surface area contributed by atoms with Crippen molar-refractivity contribution in [2.24, 2.45) is 68.5 Å². The van der Waals surface area contributed by atoms with Crippen LogP contribution in [0.3, 0.4) is 0 Å². The minimum absolute atomic E-state index is 0.00857. The monoisotopic (exact) mass is 1490 g/mol. The van der Waals surface area contributed by atoms with Crippen LogP contribution in [0.2, 0.25) is 0 Å². The highest BCUT2D eigenvalue weighted by Crippen LogP contribution is 2.65. The molecule has 7 atom stereocenters. The number of hydrogen-bond donors (Lipinski definition) is 3. The Hall–Kier alpha value is -4.53. The molecule has 32 heteroatoms. The van der Waals surface area contributed by atoms with Gasteiger partial charge in [-0.2, -0.15) is 47.9 Å². The van der Waals surface area contributed by atoms with Gasteiger partial charge in [0.1, 0.15) is 29.2 Å². The highest BCUT2D eigenvalue weighted by atomic mass is 32.3. The number of benzene rings is 1. The first-order chi connectivity index (χ1) is 44.8. The number of hydrogen-bond acceptors (Lipinski definition) is 18. The SMILES string of the molecule is CCC(C)(C)C(=O)NCCc1ccc(OS(=O)(=O)C(F)(F)C(F)(F)C(F)(F)S(=O)(=O)[N-]S(=O)(=O)C(F)(F)F)cc1.CCC(C)(C)C(=O)OC(C)(C)C12CC3CC(CC(C3)C1)C2.CCC(C)(C)C(=O)OC12CC3CC(O)(CC(O)(C3)C1)C2.CCC(C)(C)C(=O)OC1C2CC3C(=O)OC1C3C2. The summed E-state index contributed by atoms with van der Waals surface area (Å²) in [6.45, 7) is 27.1. The van der Waals surface area contributed by atoms with Crippen molar-refractivity contribution in [3.05, 3.63) is 34.0 Å². The van der Waals surface area contributed by atoms with Crippen LogP contribution in [-0.2, 0) is 79.5 Å². The summed E-state index contributed by atoms with van der Waals surface area (Å²) in [6, 6.07) is 3.19. The second-order valence-electron chi connectivity index (χ2n) is 32.6. The standard InChI is InChI=1S/C19H32O2.C18H20F9N2O8S3.C16H26O4.C14H20O4/c1-6-17(2,3)16(20)21-18(4,5)19-10-13-7-14(11-19)9-15(8-13)12-19;1-4-14(2,3)13(30)28-10-9-11-5-7-12(8-6-11)37-40(35,36)17(23,24)15(19,20)16(21,22)38(31,32)29-39(33,34)18(25,26)27;1-4-13(2,3)12(17)20-16-7-11-5-14(18,9-16)8-15(19,6-11)10-16;1-4-14(2,3)13(16)18-10-7-5-8-9(6-7)12(15)17-11(8)10/h13-15H,6-12H2,1-5H3;5-8H,4,9-10H2,1-3H3,(H,28,30);11,18-19H,4-10H2,1-3H3;7-11H,4-6H2,1-3H3/q;-1;;. The number of carbonyl (C=O) groups excluding carboxylic acids is 5. The highest BCUT2D eigenvalue weighted by Gasteiger charge is 2.82. The zero-order valence-corrected chi connectivity index (χ0v) is 61.1.